The molecule has 0 saturated carbocycles. The summed E-state index contributed by atoms with van der Waals surface area (Å²) in [5, 5.41) is 14.4. The molecule has 8 heteroatoms. The van der Waals surface area contributed by atoms with Gasteiger partial charge in [0.1, 0.15) is 0 Å². The number of para-hydroxylation sites is 1. The van der Waals surface area contributed by atoms with Gasteiger partial charge in [0.05, 0.1) is 11.2 Å². The van der Waals surface area contributed by atoms with Crippen molar-refractivity contribution in [3.05, 3.63) is 82.4 Å². The van der Waals surface area contributed by atoms with Crippen LogP contribution in [-0.2, 0) is 19.5 Å². The molecule has 0 bridgehead atoms. The fourth-order valence-electron chi connectivity index (χ4n) is 3.74. The summed E-state index contributed by atoms with van der Waals surface area (Å²) in [7, 11) is 0. The van der Waals surface area contributed by atoms with Gasteiger partial charge in [-0.2, -0.15) is 9.61 Å². The molecule has 5 aromatic rings. The fourth-order valence-corrected chi connectivity index (χ4v) is 3.94. The molecule has 3 aromatic heterocycles. The Kier molecular flexibility index (Phi) is 5.03. The molecule has 0 aliphatic rings. The van der Waals surface area contributed by atoms with Crippen LogP contribution in [0, 0.1) is 13.8 Å². The Balaban J connectivity index is 1.50. The quantitative estimate of drug-likeness (QED) is 0.425. The number of aromatic nitrogens is 6. The topological polar surface area (TPSA) is 72.9 Å². The number of halogens is 1. The molecule has 0 atom stereocenters. The Morgan fingerprint density at radius 1 is 0.968 bits per heavy atom. The van der Waals surface area contributed by atoms with Crippen LogP contribution in [0.4, 0.5) is 5.95 Å². The van der Waals surface area contributed by atoms with Gasteiger partial charge >= 0.3 is 0 Å². The van der Waals surface area contributed by atoms with Gasteiger partial charge < -0.3 is 5.32 Å². The molecule has 0 unspecified atom stereocenters. The first-order chi connectivity index (χ1) is 15.1. The molecule has 0 amide bonds. The van der Waals surface area contributed by atoms with Gasteiger partial charge in [0.15, 0.2) is 11.5 Å². The lowest BCUT2D eigenvalue weighted by Gasteiger charge is -2.10. The third kappa shape index (κ3) is 3.84. The maximum Gasteiger partial charge on any atom is 0.226 e. The second-order valence-corrected chi connectivity index (χ2v) is 7.97. The van der Waals surface area contributed by atoms with Crippen molar-refractivity contribution >= 4 is 34.1 Å². The third-order valence-corrected chi connectivity index (χ3v) is 5.64. The molecule has 0 aliphatic carbocycles. The lowest BCUT2D eigenvalue weighted by atomic mass is 10.2. The molecular formula is C23H22ClN7. The summed E-state index contributed by atoms with van der Waals surface area (Å²) in [5.74, 6) is 1.39. The van der Waals surface area contributed by atoms with Gasteiger partial charge in [0, 0.05) is 35.6 Å². The van der Waals surface area contributed by atoms with E-state index in [1.807, 2.05) is 60.1 Å². The normalized spacial score (nSPS) is 11.5. The van der Waals surface area contributed by atoms with E-state index in [4.69, 9.17) is 26.7 Å². The fraction of sp³-hybridized carbons (Fsp3) is 0.217. The highest BCUT2D eigenvalue weighted by atomic mass is 35.5. The highest BCUT2D eigenvalue weighted by molar-refractivity contribution is 6.31. The number of benzene rings is 2. The van der Waals surface area contributed by atoms with E-state index in [1.165, 1.54) is 0 Å². The first-order valence-corrected chi connectivity index (χ1v) is 10.6. The average Bonchev–Trinajstić information content (AvgIpc) is 3.34. The Morgan fingerprint density at radius 2 is 1.77 bits per heavy atom. The maximum atomic E-state index is 6.32. The number of fused-ring (bicyclic) bond motifs is 3. The third-order valence-electron chi connectivity index (χ3n) is 5.27. The molecule has 0 fully saturated rings. The van der Waals surface area contributed by atoms with Crippen LogP contribution >= 0.6 is 11.6 Å². The minimum absolute atomic E-state index is 0.543. The van der Waals surface area contributed by atoms with E-state index in [-0.39, 0.29) is 0 Å². The molecule has 0 saturated heterocycles. The maximum absolute atomic E-state index is 6.32. The first kappa shape index (κ1) is 19.5. The van der Waals surface area contributed by atoms with Gasteiger partial charge in [-0.15, -0.1) is 5.10 Å². The number of rotatable bonds is 6. The highest BCUT2D eigenvalue weighted by Gasteiger charge is 2.14. The second kappa shape index (κ2) is 8.00. The van der Waals surface area contributed by atoms with Crippen molar-refractivity contribution in [2.24, 2.45) is 0 Å². The smallest absolute Gasteiger partial charge is 0.226 e. The van der Waals surface area contributed by atoms with Gasteiger partial charge in [0.2, 0.25) is 5.95 Å². The molecule has 1 N–H and O–H groups in total. The van der Waals surface area contributed by atoms with Gasteiger partial charge in [-0.05, 0) is 43.7 Å². The van der Waals surface area contributed by atoms with Crippen LogP contribution in [0.5, 0.6) is 0 Å². The molecule has 7 nitrogen and oxygen atoms in total. The van der Waals surface area contributed by atoms with Gasteiger partial charge in [-0.25, -0.2) is 9.97 Å². The Bertz CT molecular complexity index is 1390. The predicted octanol–water partition coefficient (Wildman–Crippen LogP) is 4.60. The van der Waals surface area contributed by atoms with E-state index in [0.717, 1.165) is 50.9 Å². The molecule has 156 valence electrons. The minimum Gasteiger partial charge on any atom is -0.350 e. The number of aryl methyl sites for hydroxylation is 4. The van der Waals surface area contributed by atoms with Crippen LogP contribution in [0.15, 0.2) is 54.6 Å². The van der Waals surface area contributed by atoms with Gasteiger partial charge in [-0.1, -0.05) is 41.9 Å². The SMILES string of the molecule is Cc1cc(C)n(CCc2nc3c4ccccc4nc(NCc4ccccc4Cl)n3n2)n1. The Morgan fingerprint density at radius 3 is 2.58 bits per heavy atom. The number of nitrogens with zero attached hydrogens (tertiary/aromatic N) is 6. The average molecular weight is 432 g/mol. The van der Waals surface area contributed by atoms with E-state index in [2.05, 4.69) is 23.4 Å². The van der Waals surface area contributed by atoms with Crippen molar-refractivity contribution in [3.63, 3.8) is 0 Å². The molecule has 0 aliphatic heterocycles. The number of nitrogens with one attached hydrogen (secondary N) is 1. The van der Waals surface area contributed by atoms with E-state index in [1.54, 1.807) is 4.52 Å². The van der Waals surface area contributed by atoms with Gasteiger partial charge in [0.25, 0.3) is 0 Å². The molecule has 31 heavy (non-hydrogen) atoms. The largest absolute Gasteiger partial charge is 0.350 e. The summed E-state index contributed by atoms with van der Waals surface area (Å²) in [6, 6.07) is 17.8. The van der Waals surface area contributed by atoms with Crippen LogP contribution in [0.1, 0.15) is 22.8 Å². The first-order valence-electron chi connectivity index (χ1n) is 10.2. The Labute approximate surface area is 184 Å². The monoisotopic (exact) mass is 431 g/mol. The lowest BCUT2D eigenvalue weighted by Crippen LogP contribution is -2.09. The molecule has 0 radical (unpaired) electrons. The van der Waals surface area contributed by atoms with Crippen molar-refractivity contribution in [2.45, 2.75) is 33.4 Å². The van der Waals surface area contributed by atoms with E-state index >= 15 is 0 Å². The van der Waals surface area contributed by atoms with E-state index < -0.39 is 0 Å². The Hall–Kier alpha value is -3.45. The van der Waals surface area contributed by atoms with Crippen LogP contribution in [-0.4, -0.2) is 29.4 Å². The lowest BCUT2D eigenvalue weighted by molar-refractivity contribution is 0.581. The molecule has 5 rings (SSSR count). The highest BCUT2D eigenvalue weighted by Crippen LogP contribution is 2.22. The van der Waals surface area contributed by atoms with Crippen LogP contribution in [0.25, 0.3) is 16.6 Å². The summed E-state index contributed by atoms with van der Waals surface area (Å²) < 4.78 is 3.78. The van der Waals surface area contributed by atoms with Crippen molar-refractivity contribution < 1.29 is 0 Å². The molecular weight excluding hydrogens is 410 g/mol. The molecule has 2 aromatic carbocycles. The predicted molar refractivity (Wildman–Crippen MR) is 122 cm³/mol. The van der Waals surface area contributed by atoms with E-state index in [9.17, 15) is 0 Å². The van der Waals surface area contributed by atoms with Crippen LogP contribution in [0.2, 0.25) is 5.02 Å². The van der Waals surface area contributed by atoms with Crippen molar-refractivity contribution in [1.29, 1.82) is 0 Å². The summed E-state index contributed by atoms with van der Waals surface area (Å²) in [6.07, 6.45) is 0.682. The van der Waals surface area contributed by atoms with Gasteiger partial charge in [-0.3, -0.25) is 4.68 Å². The van der Waals surface area contributed by atoms with Crippen molar-refractivity contribution in [1.82, 2.24) is 29.4 Å². The van der Waals surface area contributed by atoms with Crippen LogP contribution < -0.4 is 5.32 Å². The molecule has 0 spiro atoms. The number of hydrogen-bond acceptors (Lipinski definition) is 5. The second-order valence-electron chi connectivity index (χ2n) is 7.56. The zero-order valence-corrected chi connectivity index (χ0v) is 18.1. The molecule has 3 heterocycles. The summed E-state index contributed by atoms with van der Waals surface area (Å²) in [4.78, 5) is 9.62. The standard InChI is InChI=1S/C23H22ClN7/c1-15-13-16(2)30(28-15)12-11-21-27-22-18-8-4-6-10-20(18)26-23(31(22)29-21)25-14-17-7-3-5-9-19(17)24/h3-10,13H,11-12,14H2,1-2H3,(H,25,26). The minimum atomic E-state index is 0.543. The van der Waals surface area contributed by atoms with Crippen molar-refractivity contribution in [3.8, 4) is 0 Å². The summed E-state index contributed by atoms with van der Waals surface area (Å²) in [5.41, 5.74) is 4.80. The number of hydrogen-bond donors (Lipinski definition) is 1. The summed E-state index contributed by atoms with van der Waals surface area (Å²) >= 11 is 6.32. The zero-order chi connectivity index (χ0) is 21.4. The van der Waals surface area contributed by atoms with Crippen molar-refractivity contribution in [2.75, 3.05) is 5.32 Å². The number of anilines is 1. The van der Waals surface area contributed by atoms with Crippen LogP contribution in [0.3, 0.4) is 0 Å². The summed E-state index contributed by atoms with van der Waals surface area (Å²) in [6.45, 7) is 5.33. The zero-order valence-electron chi connectivity index (χ0n) is 17.4. The van der Waals surface area contributed by atoms with E-state index in [0.29, 0.717) is 18.9 Å².